The lowest BCUT2D eigenvalue weighted by Gasteiger charge is -2.28. The number of likely N-dealkylation sites (N-methyl/N-ethyl adjacent to an activating group) is 1. The van der Waals surface area contributed by atoms with Crippen LogP contribution in [0.4, 0.5) is 5.82 Å². The number of benzene rings is 1. The molecule has 3 rings (SSSR count). The molecule has 1 N–H and O–H groups in total. The molecule has 1 aromatic carbocycles. The average molecular weight is 355 g/mol. The molecule has 2 aromatic rings. The summed E-state index contributed by atoms with van der Waals surface area (Å²) < 4.78 is 5.42. The molecule has 0 bridgehead atoms. The zero-order chi connectivity index (χ0) is 18.4. The molecule has 1 aliphatic heterocycles. The van der Waals surface area contributed by atoms with Crippen LogP contribution in [0.15, 0.2) is 36.4 Å². The third-order valence-electron chi connectivity index (χ3n) is 4.16. The highest BCUT2D eigenvalue weighted by Gasteiger charge is 2.18. The van der Waals surface area contributed by atoms with Crippen molar-refractivity contribution in [3.05, 3.63) is 42.1 Å². The van der Waals surface area contributed by atoms with Crippen molar-refractivity contribution in [1.82, 2.24) is 20.2 Å². The van der Waals surface area contributed by atoms with Gasteiger partial charge in [0, 0.05) is 37.8 Å². The van der Waals surface area contributed by atoms with Crippen LogP contribution in [-0.4, -0.2) is 74.3 Å². The van der Waals surface area contributed by atoms with Gasteiger partial charge in [-0.25, -0.2) is 9.97 Å². The Morgan fingerprint density at radius 3 is 2.62 bits per heavy atom. The Labute approximate surface area is 154 Å². The van der Waals surface area contributed by atoms with Crippen molar-refractivity contribution in [2.75, 3.05) is 58.4 Å². The van der Waals surface area contributed by atoms with Crippen molar-refractivity contribution in [3.63, 3.8) is 0 Å². The van der Waals surface area contributed by atoms with E-state index in [0.717, 1.165) is 31.0 Å². The molecule has 26 heavy (non-hydrogen) atoms. The highest BCUT2D eigenvalue weighted by molar-refractivity contribution is 5.93. The van der Waals surface area contributed by atoms with Crippen molar-refractivity contribution in [1.29, 1.82) is 0 Å². The molecule has 0 spiro atoms. The lowest BCUT2D eigenvalue weighted by atomic mass is 10.2. The Morgan fingerprint density at radius 2 is 1.92 bits per heavy atom. The van der Waals surface area contributed by atoms with Crippen molar-refractivity contribution in [3.8, 4) is 11.4 Å². The molecular formula is C19H25N5O2. The van der Waals surface area contributed by atoms with Crippen LogP contribution in [-0.2, 0) is 4.74 Å². The summed E-state index contributed by atoms with van der Waals surface area (Å²) in [6, 6.07) is 11.5. The standard InChI is InChI=1S/C19H25N5O2/c1-23(2)9-8-20-19(25)16-14-17(24-10-12-26-13-11-24)22-18(21-16)15-6-4-3-5-7-15/h3-7,14H,8-13H2,1-2H3,(H,20,25). The number of hydrogen-bond donors (Lipinski definition) is 1. The zero-order valence-corrected chi connectivity index (χ0v) is 15.3. The molecule has 0 saturated carbocycles. The van der Waals surface area contributed by atoms with Gasteiger partial charge >= 0.3 is 0 Å². The first-order valence-corrected chi connectivity index (χ1v) is 8.83. The molecule has 1 aromatic heterocycles. The van der Waals surface area contributed by atoms with E-state index in [2.05, 4.69) is 20.2 Å². The van der Waals surface area contributed by atoms with Gasteiger partial charge in [-0.05, 0) is 14.1 Å². The van der Waals surface area contributed by atoms with Crippen LogP contribution in [0.3, 0.4) is 0 Å². The Hall–Kier alpha value is -2.51. The van der Waals surface area contributed by atoms with Gasteiger partial charge in [0.1, 0.15) is 11.5 Å². The van der Waals surface area contributed by atoms with Crippen LogP contribution in [0.25, 0.3) is 11.4 Å². The normalized spacial score (nSPS) is 14.5. The second-order valence-electron chi connectivity index (χ2n) is 6.46. The smallest absolute Gasteiger partial charge is 0.270 e. The summed E-state index contributed by atoms with van der Waals surface area (Å²) in [5.41, 5.74) is 1.28. The van der Waals surface area contributed by atoms with Crippen LogP contribution >= 0.6 is 0 Å². The van der Waals surface area contributed by atoms with Crippen molar-refractivity contribution in [2.45, 2.75) is 0 Å². The topological polar surface area (TPSA) is 70.6 Å². The monoisotopic (exact) mass is 355 g/mol. The van der Waals surface area contributed by atoms with Gasteiger partial charge in [-0.2, -0.15) is 0 Å². The maximum atomic E-state index is 12.6. The minimum absolute atomic E-state index is 0.180. The second-order valence-corrected chi connectivity index (χ2v) is 6.46. The fourth-order valence-corrected chi connectivity index (χ4v) is 2.71. The Kier molecular flexibility index (Phi) is 6.14. The number of nitrogens with one attached hydrogen (secondary N) is 1. The number of aromatic nitrogens is 2. The van der Waals surface area contributed by atoms with Crippen LogP contribution in [0.5, 0.6) is 0 Å². The fraction of sp³-hybridized carbons (Fsp3) is 0.421. The van der Waals surface area contributed by atoms with E-state index < -0.39 is 0 Å². The Morgan fingerprint density at radius 1 is 1.19 bits per heavy atom. The summed E-state index contributed by atoms with van der Waals surface area (Å²) in [4.78, 5) is 25.9. The molecule has 2 heterocycles. The SMILES string of the molecule is CN(C)CCNC(=O)c1cc(N2CCOCC2)nc(-c2ccccc2)n1. The number of amides is 1. The third kappa shape index (κ3) is 4.77. The van der Waals surface area contributed by atoms with E-state index in [4.69, 9.17) is 4.74 Å². The number of rotatable bonds is 6. The number of anilines is 1. The van der Waals surface area contributed by atoms with Crippen LogP contribution in [0.1, 0.15) is 10.5 Å². The molecule has 1 saturated heterocycles. The number of morpholine rings is 1. The first-order valence-electron chi connectivity index (χ1n) is 8.83. The molecule has 1 fully saturated rings. The number of nitrogens with zero attached hydrogens (tertiary/aromatic N) is 4. The van der Waals surface area contributed by atoms with Gasteiger partial charge in [-0.15, -0.1) is 0 Å². The van der Waals surface area contributed by atoms with E-state index >= 15 is 0 Å². The molecule has 0 radical (unpaired) electrons. The molecular weight excluding hydrogens is 330 g/mol. The number of hydrogen-bond acceptors (Lipinski definition) is 6. The van der Waals surface area contributed by atoms with E-state index in [1.165, 1.54) is 0 Å². The zero-order valence-electron chi connectivity index (χ0n) is 15.3. The minimum Gasteiger partial charge on any atom is -0.378 e. The van der Waals surface area contributed by atoms with Crippen LogP contribution < -0.4 is 10.2 Å². The van der Waals surface area contributed by atoms with Gasteiger partial charge in [0.15, 0.2) is 5.82 Å². The lowest BCUT2D eigenvalue weighted by molar-refractivity contribution is 0.0946. The number of carbonyl (C=O) groups excluding carboxylic acids is 1. The predicted octanol–water partition coefficient (Wildman–Crippen LogP) is 1.27. The summed E-state index contributed by atoms with van der Waals surface area (Å²) in [6.07, 6.45) is 0. The van der Waals surface area contributed by atoms with Gasteiger partial charge in [0.2, 0.25) is 0 Å². The van der Waals surface area contributed by atoms with Gasteiger partial charge in [0.25, 0.3) is 5.91 Å². The summed E-state index contributed by atoms with van der Waals surface area (Å²) in [7, 11) is 3.95. The molecule has 0 unspecified atom stereocenters. The van der Waals surface area contributed by atoms with Gasteiger partial charge in [-0.3, -0.25) is 4.79 Å². The van der Waals surface area contributed by atoms with E-state index in [1.54, 1.807) is 6.07 Å². The van der Waals surface area contributed by atoms with Crippen LogP contribution in [0, 0.1) is 0 Å². The molecule has 7 nitrogen and oxygen atoms in total. The van der Waals surface area contributed by atoms with Gasteiger partial charge in [0.05, 0.1) is 13.2 Å². The number of ether oxygens (including phenoxy) is 1. The molecule has 1 aliphatic rings. The summed E-state index contributed by atoms with van der Waals surface area (Å²) in [5, 5.41) is 2.93. The molecule has 138 valence electrons. The van der Waals surface area contributed by atoms with E-state index in [0.29, 0.717) is 31.3 Å². The maximum absolute atomic E-state index is 12.6. The van der Waals surface area contributed by atoms with Crippen LogP contribution in [0.2, 0.25) is 0 Å². The summed E-state index contributed by atoms with van der Waals surface area (Å²) in [6.45, 7) is 4.19. The van der Waals surface area contributed by atoms with Gasteiger partial charge in [-0.1, -0.05) is 30.3 Å². The largest absolute Gasteiger partial charge is 0.378 e. The first kappa shape index (κ1) is 18.3. The molecule has 0 atom stereocenters. The predicted molar refractivity (Wildman–Crippen MR) is 101 cm³/mol. The number of carbonyl (C=O) groups is 1. The maximum Gasteiger partial charge on any atom is 0.270 e. The summed E-state index contributed by atoms with van der Waals surface area (Å²) in [5.74, 6) is 1.15. The minimum atomic E-state index is -0.180. The molecule has 0 aliphatic carbocycles. The molecule has 7 heteroatoms. The van der Waals surface area contributed by atoms with Crippen molar-refractivity contribution >= 4 is 11.7 Å². The Balaban J connectivity index is 1.88. The first-order chi connectivity index (χ1) is 12.6. The fourth-order valence-electron chi connectivity index (χ4n) is 2.71. The van der Waals surface area contributed by atoms with Crippen molar-refractivity contribution < 1.29 is 9.53 Å². The van der Waals surface area contributed by atoms with E-state index in [-0.39, 0.29) is 5.91 Å². The quantitative estimate of drug-likeness (QED) is 0.842. The highest BCUT2D eigenvalue weighted by Crippen LogP contribution is 2.21. The highest BCUT2D eigenvalue weighted by atomic mass is 16.5. The molecule has 1 amide bonds. The van der Waals surface area contributed by atoms with E-state index in [1.807, 2.05) is 49.3 Å². The van der Waals surface area contributed by atoms with E-state index in [9.17, 15) is 4.79 Å². The Bertz CT molecular complexity index is 730. The second kappa shape index (κ2) is 8.73. The third-order valence-corrected chi connectivity index (χ3v) is 4.16. The lowest BCUT2D eigenvalue weighted by Crippen LogP contribution is -2.37. The van der Waals surface area contributed by atoms with Crippen molar-refractivity contribution in [2.24, 2.45) is 0 Å². The average Bonchev–Trinajstić information content (AvgIpc) is 2.68. The summed E-state index contributed by atoms with van der Waals surface area (Å²) >= 11 is 0. The van der Waals surface area contributed by atoms with Gasteiger partial charge < -0.3 is 19.9 Å².